The molecule has 2 amide bonds. The second kappa shape index (κ2) is 9.27. The highest BCUT2D eigenvalue weighted by Crippen LogP contribution is 2.34. The summed E-state index contributed by atoms with van der Waals surface area (Å²) >= 11 is 0. The van der Waals surface area contributed by atoms with Crippen LogP contribution in [0.1, 0.15) is 24.0 Å². The Labute approximate surface area is 199 Å². The number of nitrogens with two attached hydrogens (primary N) is 1. The molecule has 0 aromatic heterocycles. The molecule has 0 bridgehead atoms. The molecule has 0 spiro atoms. The lowest BCUT2D eigenvalue weighted by Gasteiger charge is -2.28. The van der Waals surface area contributed by atoms with Gasteiger partial charge in [0.05, 0.1) is 12.6 Å². The number of carbonyl (C=O) groups is 2. The Bertz CT molecular complexity index is 1380. The molecule has 4 aromatic rings. The highest BCUT2D eigenvalue weighted by Gasteiger charge is 2.33. The lowest BCUT2D eigenvalue weighted by molar-refractivity contribution is -0.124. The number of hydrogen-bond donors (Lipinski definition) is 2. The standard InChI is InChI=1S/C29H29N3O2/c1-31-26(28(30)33)17-23-14-13-19-7-4-5-12-27(19)32(29(23)34)18-24-11-6-10-22-15-20-8-2-3-9-21(20)16-25(22)24/h2-12,15-16,23,26,31H,13-14,17-18H2,1H3,(H2,30,33)/t23-,26-/m0/s1. The van der Waals surface area contributed by atoms with E-state index in [4.69, 9.17) is 5.73 Å². The highest BCUT2D eigenvalue weighted by molar-refractivity contribution is 6.01. The van der Waals surface area contributed by atoms with Crippen LogP contribution in [0.5, 0.6) is 0 Å². The molecule has 0 aliphatic carbocycles. The molecule has 4 aromatic carbocycles. The first-order valence-corrected chi connectivity index (χ1v) is 11.8. The second-order valence-corrected chi connectivity index (χ2v) is 9.11. The Morgan fingerprint density at radius 3 is 2.47 bits per heavy atom. The molecule has 1 aliphatic heterocycles. The van der Waals surface area contributed by atoms with E-state index in [1.165, 1.54) is 10.8 Å². The molecule has 172 valence electrons. The minimum absolute atomic E-state index is 0.0456. The van der Waals surface area contributed by atoms with Crippen LogP contribution in [0.3, 0.4) is 0 Å². The molecular weight excluding hydrogens is 422 g/mol. The van der Waals surface area contributed by atoms with Crippen molar-refractivity contribution < 1.29 is 9.59 Å². The topological polar surface area (TPSA) is 75.4 Å². The van der Waals surface area contributed by atoms with E-state index in [-0.39, 0.29) is 11.8 Å². The number of amides is 2. The van der Waals surface area contributed by atoms with Crippen molar-refractivity contribution in [3.63, 3.8) is 0 Å². The van der Waals surface area contributed by atoms with Crippen molar-refractivity contribution in [3.8, 4) is 0 Å². The minimum Gasteiger partial charge on any atom is -0.368 e. The number of hydrogen-bond acceptors (Lipinski definition) is 3. The van der Waals surface area contributed by atoms with Crippen LogP contribution in [-0.2, 0) is 22.6 Å². The molecular formula is C29H29N3O2. The van der Waals surface area contributed by atoms with Crippen LogP contribution in [0.2, 0.25) is 0 Å². The maximum absolute atomic E-state index is 13.9. The number of rotatable bonds is 6. The predicted octanol–water partition coefficient (Wildman–Crippen LogP) is 4.55. The normalized spacial score (nSPS) is 16.9. The van der Waals surface area contributed by atoms with E-state index >= 15 is 0 Å². The van der Waals surface area contributed by atoms with Crippen molar-refractivity contribution in [2.75, 3.05) is 11.9 Å². The summed E-state index contributed by atoms with van der Waals surface area (Å²) in [6, 6.07) is 26.6. The van der Waals surface area contributed by atoms with Crippen LogP contribution in [0, 0.1) is 5.92 Å². The van der Waals surface area contributed by atoms with Gasteiger partial charge < -0.3 is 16.0 Å². The molecule has 5 nitrogen and oxygen atoms in total. The average molecular weight is 452 g/mol. The summed E-state index contributed by atoms with van der Waals surface area (Å²) in [5.74, 6) is -0.665. The number of anilines is 1. The number of primary amides is 1. The van der Waals surface area contributed by atoms with E-state index in [9.17, 15) is 9.59 Å². The van der Waals surface area contributed by atoms with Gasteiger partial charge in [0.25, 0.3) is 0 Å². The van der Waals surface area contributed by atoms with Gasteiger partial charge in [0.1, 0.15) is 0 Å². The van der Waals surface area contributed by atoms with Crippen LogP contribution < -0.4 is 16.0 Å². The monoisotopic (exact) mass is 451 g/mol. The molecule has 0 radical (unpaired) electrons. The maximum Gasteiger partial charge on any atom is 0.234 e. The van der Waals surface area contributed by atoms with E-state index in [0.717, 1.165) is 34.0 Å². The van der Waals surface area contributed by atoms with Gasteiger partial charge in [-0.2, -0.15) is 0 Å². The fourth-order valence-electron chi connectivity index (χ4n) is 5.16. The zero-order chi connectivity index (χ0) is 23.7. The predicted molar refractivity (Wildman–Crippen MR) is 138 cm³/mol. The van der Waals surface area contributed by atoms with E-state index in [1.807, 2.05) is 29.2 Å². The van der Waals surface area contributed by atoms with Crippen LogP contribution in [0.15, 0.2) is 78.9 Å². The molecule has 0 unspecified atom stereocenters. The third kappa shape index (κ3) is 4.15. The fourth-order valence-corrected chi connectivity index (χ4v) is 5.16. The largest absolute Gasteiger partial charge is 0.368 e. The Balaban J connectivity index is 1.56. The first kappa shape index (κ1) is 22.1. The lowest BCUT2D eigenvalue weighted by Crippen LogP contribution is -2.44. The number of carbonyl (C=O) groups excluding carboxylic acids is 2. The minimum atomic E-state index is -0.527. The van der Waals surface area contributed by atoms with Crippen LogP contribution in [0.25, 0.3) is 21.5 Å². The second-order valence-electron chi connectivity index (χ2n) is 9.11. The molecule has 0 saturated carbocycles. The summed E-state index contributed by atoms with van der Waals surface area (Å²) < 4.78 is 0. The van der Waals surface area contributed by atoms with Crippen molar-refractivity contribution in [2.24, 2.45) is 11.7 Å². The summed E-state index contributed by atoms with van der Waals surface area (Å²) in [7, 11) is 1.71. The zero-order valence-corrected chi connectivity index (χ0v) is 19.3. The number of nitrogens with zero attached hydrogens (tertiary/aromatic N) is 1. The fraction of sp³-hybridized carbons (Fsp3) is 0.241. The van der Waals surface area contributed by atoms with E-state index in [2.05, 4.69) is 59.9 Å². The first-order chi connectivity index (χ1) is 16.5. The smallest absolute Gasteiger partial charge is 0.234 e. The van der Waals surface area contributed by atoms with E-state index in [0.29, 0.717) is 19.4 Å². The number of nitrogens with one attached hydrogen (secondary N) is 1. The molecule has 1 heterocycles. The van der Waals surface area contributed by atoms with Crippen molar-refractivity contribution in [3.05, 3.63) is 90.0 Å². The lowest BCUT2D eigenvalue weighted by atomic mass is 9.93. The molecule has 0 fully saturated rings. The molecule has 3 N–H and O–H groups in total. The molecule has 2 atom stereocenters. The number of benzene rings is 4. The SMILES string of the molecule is CN[C@@H](C[C@@H]1CCc2ccccc2N(Cc2cccc3cc4ccccc4cc23)C1=O)C(N)=O. The van der Waals surface area contributed by atoms with Crippen molar-refractivity contribution in [1.29, 1.82) is 0 Å². The average Bonchev–Trinajstić information content (AvgIpc) is 2.98. The van der Waals surface area contributed by atoms with Gasteiger partial charge in [-0.25, -0.2) is 0 Å². The highest BCUT2D eigenvalue weighted by atomic mass is 16.2. The number of aryl methyl sites for hydroxylation is 1. The van der Waals surface area contributed by atoms with Crippen molar-refractivity contribution in [1.82, 2.24) is 5.32 Å². The van der Waals surface area contributed by atoms with Gasteiger partial charge in [0.15, 0.2) is 0 Å². The van der Waals surface area contributed by atoms with Crippen LogP contribution >= 0.6 is 0 Å². The molecule has 34 heavy (non-hydrogen) atoms. The van der Waals surface area contributed by atoms with Gasteiger partial charge in [-0.1, -0.05) is 60.7 Å². The van der Waals surface area contributed by atoms with Crippen molar-refractivity contribution >= 4 is 39.0 Å². The third-order valence-electron chi connectivity index (χ3n) is 7.04. The number of likely N-dealkylation sites (N-methyl/N-ethyl adjacent to an activating group) is 1. The Morgan fingerprint density at radius 2 is 1.71 bits per heavy atom. The summed E-state index contributed by atoms with van der Waals surface area (Å²) in [5, 5.41) is 7.66. The molecule has 1 aliphatic rings. The summed E-state index contributed by atoms with van der Waals surface area (Å²) in [4.78, 5) is 27.7. The Kier molecular flexibility index (Phi) is 6.03. The van der Waals surface area contributed by atoms with Gasteiger partial charge >= 0.3 is 0 Å². The van der Waals surface area contributed by atoms with Gasteiger partial charge in [-0.3, -0.25) is 9.59 Å². The van der Waals surface area contributed by atoms with Gasteiger partial charge in [0.2, 0.25) is 11.8 Å². The summed E-state index contributed by atoms with van der Waals surface area (Å²) in [6.07, 6.45) is 1.88. The van der Waals surface area contributed by atoms with E-state index in [1.54, 1.807) is 7.05 Å². The molecule has 5 heteroatoms. The zero-order valence-electron chi connectivity index (χ0n) is 19.3. The number of para-hydroxylation sites is 1. The van der Waals surface area contributed by atoms with E-state index < -0.39 is 11.9 Å². The van der Waals surface area contributed by atoms with Crippen LogP contribution in [0.4, 0.5) is 5.69 Å². The summed E-state index contributed by atoms with van der Waals surface area (Å²) in [6.45, 7) is 0.475. The third-order valence-corrected chi connectivity index (χ3v) is 7.04. The summed E-state index contributed by atoms with van der Waals surface area (Å²) in [5.41, 5.74) is 8.78. The quantitative estimate of drug-likeness (QED) is 0.422. The van der Waals surface area contributed by atoms with Gasteiger partial charge in [0, 0.05) is 11.6 Å². The Hall–Kier alpha value is -3.70. The first-order valence-electron chi connectivity index (χ1n) is 11.8. The molecule has 0 saturated heterocycles. The van der Waals surface area contributed by atoms with Gasteiger partial charge in [-0.15, -0.1) is 0 Å². The maximum atomic E-state index is 13.9. The van der Waals surface area contributed by atoms with Crippen LogP contribution in [-0.4, -0.2) is 24.9 Å². The molecule has 5 rings (SSSR count). The Morgan fingerprint density at radius 1 is 1.00 bits per heavy atom. The van der Waals surface area contributed by atoms with Gasteiger partial charge in [-0.05, 0) is 77.2 Å². The van der Waals surface area contributed by atoms with Crippen molar-refractivity contribution in [2.45, 2.75) is 31.8 Å². The number of fused-ring (bicyclic) bond motifs is 3.